The maximum Gasteiger partial charge on any atom is 0.0328 e. The zero-order valence-electron chi connectivity index (χ0n) is 14.5. The summed E-state index contributed by atoms with van der Waals surface area (Å²) in [5, 5.41) is 3.57. The van der Waals surface area contributed by atoms with Gasteiger partial charge in [0.05, 0.1) is 0 Å². The maximum atomic E-state index is 3.57. The topological polar surface area (TPSA) is 15.3 Å². The maximum absolute atomic E-state index is 3.57. The molecule has 0 bridgehead atoms. The Morgan fingerprint density at radius 3 is 2.38 bits per heavy atom. The molecule has 2 heterocycles. The van der Waals surface area contributed by atoms with Gasteiger partial charge in [-0.25, -0.2) is 0 Å². The highest BCUT2D eigenvalue weighted by Gasteiger charge is 2.28. The fourth-order valence-corrected chi connectivity index (χ4v) is 3.78. The number of likely N-dealkylation sites (tertiary alicyclic amines) is 1. The molecule has 0 atom stereocenters. The van der Waals surface area contributed by atoms with Crippen LogP contribution < -0.4 is 5.32 Å². The first-order valence-corrected chi connectivity index (χ1v) is 9.16. The van der Waals surface area contributed by atoms with Crippen LogP contribution in [0.2, 0.25) is 0 Å². The lowest BCUT2D eigenvalue weighted by Crippen LogP contribution is -2.37. The molecule has 0 unspecified atom stereocenters. The molecular formula is C18H32N2S. The van der Waals surface area contributed by atoms with E-state index in [1.54, 1.807) is 0 Å². The van der Waals surface area contributed by atoms with Crippen molar-refractivity contribution in [2.24, 2.45) is 5.41 Å². The van der Waals surface area contributed by atoms with E-state index < -0.39 is 0 Å². The van der Waals surface area contributed by atoms with Gasteiger partial charge in [0, 0.05) is 28.4 Å². The molecule has 21 heavy (non-hydrogen) atoms. The summed E-state index contributed by atoms with van der Waals surface area (Å²) in [4.78, 5) is 5.60. The molecule has 1 fully saturated rings. The SMILES string of the molecule is CCC1(C)CCN(Cc2ccc(CNC(C)(C)C)s2)CC1. The summed E-state index contributed by atoms with van der Waals surface area (Å²) in [5.41, 5.74) is 0.787. The molecular weight excluding hydrogens is 276 g/mol. The smallest absolute Gasteiger partial charge is 0.0328 e. The van der Waals surface area contributed by atoms with Crippen LogP contribution in [-0.2, 0) is 13.1 Å². The molecule has 1 aliphatic heterocycles. The van der Waals surface area contributed by atoms with E-state index in [1.165, 1.54) is 42.1 Å². The monoisotopic (exact) mass is 308 g/mol. The first kappa shape index (κ1) is 17.0. The fourth-order valence-electron chi connectivity index (χ4n) is 2.78. The highest BCUT2D eigenvalue weighted by molar-refractivity contribution is 7.11. The summed E-state index contributed by atoms with van der Waals surface area (Å²) in [7, 11) is 0. The van der Waals surface area contributed by atoms with Gasteiger partial charge in [0.15, 0.2) is 0 Å². The number of thiophene rings is 1. The summed E-state index contributed by atoms with van der Waals surface area (Å²) >= 11 is 1.97. The standard InChI is InChI=1S/C18H32N2S/c1-6-18(5)9-11-20(12-10-18)14-16-8-7-15(21-16)13-19-17(2,3)4/h7-8,19H,6,9-14H2,1-5H3. The van der Waals surface area contributed by atoms with Crippen molar-refractivity contribution >= 4 is 11.3 Å². The van der Waals surface area contributed by atoms with Crippen LogP contribution in [0.15, 0.2) is 12.1 Å². The van der Waals surface area contributed by atoms with Crippen LogP contribution in [0.1, 0.15) is 63.6 Å². The second-order valence-electron chi connectivity index (χ2n) is 7.91. The molecule has 1 aliphatic rings. The summed E-state index contributed by atoms with van der Waals surface area (Å²) < 4.78 is 0. The van der Waals surface area contributed by atoms with E-state index >= 15 is 0 Å². The van der Waals surface area contributed by atoms with Crippen molar-refractivity contribution in [3.63, 3.8) is 0 Å². The Hall–Kier alpha value is -0.380. The van der Waals surface area contributed by atoms with Gasteiger partial charge in [-0.3, -0.25) is 4.90 Å². The molecule has 3 heteroatoms. The van der Waals surface area contributed by atoms with Crippen LogP contribution in [0.4, 0.5) is 0 Å². The van der Waals surface area contributed by atoms with Crippen molar-refractivity contribution in [1.82, 2.24) is 10.2 Å². The van der Waals surface area contributed by atoms with Gasteiger partial charge >= 0.3 is 0 Å². The molecule has 2 rings (SSSR count). The van der Waals surface area contributed by atoms with Crippen LogP contribution in [0.3, 0.4) is 0 Å². The predicted molar refractivity (Wildman–Crippen MR) is 93.8 cm³/mol. The second kappa shape index (κ2) is 6.80. The molecule has 1 saturated heterocycles. The van der Waals surface area contributed by atoms with Crippen molar-refractivity contribution < 1.29 is 0 Å². The number of hydrogen-bond donors (Lipinski definition) is 1. The van der Waals surface area contributed by atoms with Crippen LogP contribution in [0.25, 0.3) is 0 Å². The first-order valence-electron chi connectivity index (χ1n) is 8.35. The first-order chi connectivity index (χ1) is 9.80. The fraction of sp³-hybridized carbons (Fsp3) is 0.778. The van der Waals surface area contributed by atoms with E-state index in [0.717, 1.165) is 13.1 Å². The van der Waals surface area contributed by atoms with Crippen LogP contribution >= 0.6 is 11.3 Å². The van der Waals surface area contributed by atoms with E-state index in [9.17, 15) is 0 Å². The molecule has 0 amide bonds. The Bertz CT molecular complexity index is 436. The van der Waals surface area contributed by atoms with E-state index in [2.05, 4.69) is 57.0 Å². The summed E-state index contributed by atoms with van der Waals surface area (Å²) in [6.45, 7) is 16.1. The number of hydrogen-bond acceptors (Lipinski definition) is 3. The van der Waals surface area contributed by atoms with Crippen molar-refractivity contribution in [3.8, 4) is 0 Å². The van der Waals surface area contributed by atoms with E-state index in [4.69, 9.17) is 0 Å². The van der Waals surface area contributed by atoms with E-state index in [1.807, 2.05) is 11.3 Å². The third kappa shape index (κ3) is 5.39. The molecule has 0 aromatic carbocycles. The lowest BCUT2D eigenvalue weighted by Gasteiger charge is -2.38. The number of piperidine rings is 1. The average Bonchev–Trinajstić information content (AvgIpc) is 2.86. The molecule has 1 aromatic rings. The van der Waals surface area contributed by atoms with Gasteiger partial charge in [-0.05, 0) is 64.3 Å². The van der Waals surface area contributed by atoms with Crippen molar-refractivity contribution in [1.29, 1.82) is 0 Å². The largest absolute Gasteiger partial charge is 0.307 e. The van der Waals surface area contributed by atoms with Crippen LogP contribution in [0, 0.1) is 5.41 Å². The van der Waals surface area contributed by atoms with Crippen molar-refractivity contribution in [2.75, 3.05) is 13.1 Å². The third-order valence-corrected chi connectivity index (χ3v) is 5.88. The lowest BCUT2D eigenvalue weighted by molar-refractivity contribution is 0.110. The van der Waals surface area contributed by atoms with Gasteiger partial charge in [0.1, 0.15) is 0 Å². The zero-order chi connectivity index (χ0) is 15.5. The van der Waals surface area contributed by atoms with Crippen LogP contribution in [0.5, 0.6) is 0 Å². The highest BCUT2D eigenvalue weighted by Crippen LogP contribution is 2.34. The minimum absolute atomic E-state index is 0.196. The Kier molecular flexibility index (Phi) is 5.50. The Morgan fingerprint density at radius 1 is 1.19 bits per heavy atom. The van der Waals surface area contributed by atoms with Crippen molar-refractivity contribution in [3.05, 3.63) is 21.9 Å². The molecule has 2 nitrogen and oxygen atoms in total. The number of nitrogens with one attached hydrogen (secondary N) is 1. The Labute approximate surface area is 134 Å². The Balaban J connectivity index is 1.81. The van der Waals surface area contributed by atoms with Gasteiger partial charge in [-0.1, -0.05) is 20.3 Å². The highest BCUT2D eigenvalue weighted by atomic mass is 32.1. The number of rotatable bonds is 5. The summed E-state index contributed by atoms with van der Waals surface area (Å²) in [5.74, 6) is 0. The molecule has 1 N–H and O–H groups in total. The summed E-state index contributed by atoms with van der Waals surface area (Å²) in [6.07, 6.45) is 4.03. The molecule has 1 aromatic heterocycles. The zero-order valence-corrected chi connectivity index (χ0v) is 15.3. The average molecular weight is 309 g/mol. The van der Waals surface area contributed by atoms with Gasteiger partial charge in [0.25, 0.3) is 0 Å². The van der Waals surface area contributed by atoms with Crippen molar-refractivity contribution in [2.45, 2.75) is 72.5 Å². The predicted octanol–water partition coefficient (Wildman–Crippen LogP) is 4.65. The van der Waals surface area contributed by atoms with Gasteiger partial charge < -0.3 is 5.32 Å². The lowest BCUT2D eigenvalue weighted by atomic mass is 9.78. The minimum atomic E-state index is 0.196. The molecule has 0 aliphatic carbocycles. The van der Waals surface area contributed by atoms with E-state index in [0.29, 0.717) is 5.41 Å². The summed E-state index contributed by atoms with van der Waals surface area (Å²) in [6, 6.07) is 4.61. The third-order valence-electron chi connectivity index (χ3n) is 4.81. The minimum Gasteiger partial charge on any atom is -0.307 e. The quantitative estimate of drug-likeness (QED) is 0.852. The van der Waals surface area contributed by atoms with Crippen LogP contribution in [-0.4, -0.2) is 23.5 Å². The van der Waals surface area contributed by atoms with Gasteiger partial charge in [-0.15, -0.1) is 11.3 Å². The molecule has 0 radical (unpaired) electrons. The molecule has 0 spiro atoms. The second-order valence-corrected chi connectivity index (χ2v) is 9.16. The normalized spacial score (nSPS) is 19.9. The molecule has 120 valence electrons. The van der Waals surface area contributed by atoms with Gasteiger partial charge in [-0.2, -0.15) is 0 Å². The number of nitrogens with zero attached hydrogens (tertiary/aromatic N) is 1. The van der Waals surface area contributed by atoms with E-state index in [-0.39, 0.29) is 5.54 Å². The van der Waals surface area contributed by atoms with Gasteiger partial charge in [0.2, 0.25) is 0 Å². The Morgan fingerprint density at radius 2 is 1.81 bits per heavy atom. The molecule has 0 saturated carbocycles.